The average Bonchev–Trinajstić information content (AvgIpc) is 2.92. The highest BCUT2D eigenvalue weighted by Crippen LogP contribution is 2.32. The first kappa shape index (κ1) is 22.3. The number of hydrogen-bond donors (Lipinski definition) is 0. The summed E-state index contributed by atoms with van der Waals surface area (Å²) < 4.78 is 11.5. The Morgan fingerprint density at radius 3 is 1.42 bits per heavy atom. The molecular formula is C34H22O4. The summed E-state index contributed by atoms with van der Waals surface area (Å²) in [5.74, 6) is 0. The Morgan fingerprint density at radius 2 is 0.947 bits per heavy atom. The third kappa shape index (κ3) is 3.53. The number of benzene rings is 5. The Bertz CT molecular complexity index is 2040. The lowest BCUT2D eigenvalue weighted by molar-refractivity contribution is 0.564. The third-order valence-electron chi connectivity index (χ3n) is 7.26. The molecule has 0 bridgehead atoms. The highest BCUT2D eigenvalue weighted by Gasteiger charge is 2.14. The van der Waals surface area contributed by atoms with E-state index >= 15 is 0 Å². The van der Waals surface area contributed by atoms with Crippen molar-refractivity contribution in [3.63, 3.8) is 0 Å². The summed E-state index contributed by atoms with van der Waals surface area (Å²) in [6.45, 7) is 4.11. The van der Waals surface area contributed by atoms with Crippen LogP contribution in [0.4, 0.5) is 0 Å². The summed E-state index contributed by atoms with van der Waals surface area (Å²) >= 11 is 0. The van der Waals surface area contributed by atoms with Gasteiger partial charge in [0.05, 0.1) is 11.1 Å². The molecular weight excluding hydrogens is 472 g/mol. The van der Waals surface area contributed by atoms with Gasteiger partial charge in [-0.25, -0.2) is 9.59 Å². The van der Waals surface area contributed by atoms with Crippen molar-refractivity contribution in [2.45, 2.75) is 13.8 Å². The van der Waals surface area contributed by atoms with Crippen LogP contribution in [0.15, 0.2) is 115 Å². The standard InChI is InChI=1S/C34H22O4/c1-19-6-10-25-23(14-19)8-12-31-29(25)17-27(33(35)37-31)21-4-3-5-22(16-21)28-18-30-26-11-7-20(2)15-24(26)9-13-32(30)38-34(28)36/h3-18H,1-2H3. The first-order valence-electron chi connectivity index (χ1n) is 12.5. The summed E-state index contributed by atoms with van der Waals surface area (Å²) in [6.07, 6.45) is 0. The molecule has 0 saturated carbocycles. The Kier molecular flexibility index (Phi) is 4.85. The van der Waals surface area contributed by atoms with Crippen LogP contribution in [0.1, 0.15) is 11.1 Å². The second-order valence-corrected chi connectivity index (χ2v) is 9.88. The van der Waals surface area contributed by atoms with Crippen molar-refractivity contribution in [3.05, 3.63) is 129 Å². The molecule has 7 aromatic rings. The van der Waals surface area contributed by atoms with Crippen LogP contribution in [-0.2, 0) is 0 Å². The van der Waals surface area contributed by atoms with Crippen molar-refractivity contribution in [1.29, 1.82) is 0 Å². The number of hydrogen-bond acceptors (Lipinski definition) is 4. The minimum atomic E-state index is -0.423. The lowest BCUT2D eigenvalue weighted by Crippen LogP contribution is -2.05. The van der Waals surface area contributed by atoms with Gasteiger partial charge in [0.25, 0.3) is 0 Å². The fraction of sp³-hybridized carbons (Fsp3) is 0.0588. The first-order valence-corrected chi connectivity index (χ1v) is 12.5. The molecule has 0 N–H and O–H groups in total. The maximum Gasteiger partial charge on any atom is 0.344 e. The number of fused-ring (bicyclic) bond motifs is 6. The molecule has 0 aliphatic heterocycles. The molecule has 2 aromatic heterocycles. The molecule has 0 saturated heterocycles. The maximum absolute atomic E-state index is 13.0. The molecule has 2 heterocycles. The van der Waals surface area contributed by atoms with Crippen molar-refractivity contribution >= 4 is 43.5 Å². The fourth-order valence-electron chi connectivity index (χ4n) is 5.36. The largest absolute Gasteiger partial charge is 0.422 e. The molecule has 182 valence electrons. The predicted molar refractivity (Wildman–Crippen MR) is 154 cm³/mol. The molecule has 0 amide bonds. The van der Waals surface area contributed by atoms with Crippen molar-refractivity contribution in [1.82, 2.24) is 0 Å². The number of rotatable bonds is 2. The minimum Gasteiger partial charge on any atom is -0.422 e. The SMILES string of the molecule is Cc1ccc2c(ccc3oc(=O)c(-c4cccc(-c5cc6c(ccc7cc(C)ccc76)oc5=O)c4)cc32)c1. The smallest absolute Gasteiger partial charge is 0.344 e. The lowest BCUT2D eigenvalue weighted by Gasteiger charge is -2.09. The van der Waals surface area contributed by atoms with Gasteiger partial charge in [0, 0.05) is 10.8 Å². The highest BCUT2D eigenvalue weighted by atomic mass is 16.4. The fourth-order valence-corrected chi connectivity index (χ4v) is 5.36. The molecule has 7 rings (SSSR count). The summed E-state index contributed by atoms with van der Waals surface area (Å²) in [7, 11) is 0. The van der Waals surface area contributed by atoms with E-state index in [1.54, 1.807) is 0 Å². The predicted octanol–water partition coefficient (Wildman–Crippen LogP) is 8.16. The van der Waals surface area contributed by atoms with Gasteiger partial charge in [-0.1, -0.05) is 77.9 Å². The topological polar surface area (TPSA) is 60.4 Å². The van der Waals surface area contributed by atoms with Gasteiger partial charge in [-0.3, -0.25) is 0 Å². The first-order chi connectivity index (χ1) is 18.4. The van der Waals surface area contributed by atoms with Crippen LogP contribution in [0, 0.1) is 13.8 Å². The Balaban J connectivity index is 1.42. The molecule has 0 radical (unpaired) electrons. The second kappa shape index (κ2) is 8.29. The summed E-state index contributed by atoms with van der Waals surface area (Å²) in [5, 5.41) is 5.95. The lowest BCUT2D eigenvalue weighted by atomic mass is 9.97. The van der Waals surface area contributed by atoms with Gasteiger partial charge < -0.3 is 8.83 Å². The monoisotopic (exact) mass is 494 g/mol. The van der Waals surface area contributed by atoms with E-state index in [9.17, 15) is 9.59 Å². The van der Waals surface area contributed by atoms with Crippen LogP contribution in [0.2, 0.25) is 0 Å². The molecule has 5 aromatic carbocycles. The van der Waals surface area contributed by atoms with E-state index in [1.165, 1.54) is 11.1 Å². The van der Waals surface area contributed by atoms with E-state index in [4.69, 9.17) is 8.83 Å². The van der Waals surface area contributed by atoms with Gasteiger partial charge in [0.2, 0.25) is 0 Å². The van der Waals surface area contributed by atoms with Gasteiger partial charge in [0.15, 0.2) is 0 Å². The zero-order chi connectivity index (χ0) is 26.0. The molecule has 0 fully saturated rings. The maximum atomic E-state index is 13.0. The molecule has 0 aliphatic rings. The van der Waals surface area contributed by atoms with Crippen molar-refractivity contribution < 1.29 is 8.83 Å². The van der Waals surface area contributed by atoms with Crippen molar-refractivity contribution in [3.8, 4) is 22.3 Å². The summed E-state index contributed by atoms with van der Waals surface area (Å²) in [5.41, 5.74) is 4.81. The normalized spacial score (nSPS) is 11.6. The van der Waals surface area contributed by atoms with Gasteiger partial charge in [-0.05, 0) is 76.9 Å². The molecule has 4 nitrogen and oxygen atoms in total. The van der Waals surface area contributed by atoms with Crippen LogP contribution in [0.25, 0.3) is 65.7 Å². The van der Waals surface area contributed by atoms with Crippen LogP contribution in [-0.4, -0.2) is 0 Å². The molecule has 0 unspecified atom stereocenters. The van der Waals surface area contributed by atoms with Gasteiger partial charge in [0.1, 0.15) is 11.2 Å². The second-order valence-electron chi connectivity index (χ2n) is 9.88. The van der Waals surface area contributed by atoms with E-state index in [0.717, 1.165) is 32.3 Å². The number of aryl methyl sites for hydroxylation is 2. The van der Waals surface area contributed by atoms with Crippen LogP contribution >= 0.6 is 0 Å². The quantitative estimate of drug-likeness (QED) is 0.180. The Hall–Kier alpha value is -4.96. The third-order valence-corrected chi connectivity index (χ3v) is 7.26. The van der Waals surface area contributed by atoms with Crippen LogP contribution in [0.3, 0.4) is 0 Å². The van der Waals surface area contributed by atoms with Crippen molar-refractivity contribution in [2.75, 3.05) is 0 Å². The summed E-state index contributed by atoms with van der Waals surface area (Å²) in [6, 6.07) is 31.2. The molecule has 0 spiro atoms. The molecule has 0 atom stereocenters. The van der Waals surface area contributed by atoms with Gasteiger partial charge in [-0.2, -0.15) is 0 Å². The summed E-state index contributed by atoms with van der Waals surface area (Å²) in [4.78, 5) is 26.1. The Labute approximate surface area is 217 Å². The van der Waals surface area contributed by atoms with Crippen molar-refractivity contribution in [2.24, 2.45) is 0 Å². The molecule has 4 heteroatoms. The molecule has 38 heavy (non-hydrogen) atoms. The van der Waals surface area contributed by atoms with E-state index < -0.39 is 11.3 Å². The molecule has 0 aliphatic carbocycles. The van der Waals surface area contributed by atoms with Gasteiger partial charge in [-0.15, -0.1) is 0 Å². The van der Waals surface area contributed by atoms with E-state index in [2.05, 4.69) is 50.2 Å². The zero-order valence-electron chi connectivity index (χ0n) is 20.9. The minimum absolute atomic E-state index is 0.423. The highest BCUT2D eigenvalue weighted by molar-refractivity contribution is 6.07. The van der Waals surface area contributed by atoms with E-state index in [-0.39, 0.29) is 0 Å². The van der Waals surface area contributed by atoms with E-state index in [1.807, 2.05) is 60.7 Å². The zero-order valence-corrected chi connectivity index (χ0v) is 20.9. The Morgan fingerprint density at radius 1 is 0.474 bits per heavy atom. The van der Waals surface area contributed by atoms with Crippen LogP contribution in [0.5, 0.6) is 0 Å². The van der Waals surface area contributed by atoms with Crippen LogP contribution < -0.4 is 11.3 Å². The average molecular weight is 495 g/mol. The van der Waals surface area contributed by atoms with Gasteiger partial charge >= 0.3 is 11.3 Å². The van der Waals surface area contributed by atoms with E-state index in [0.29, 0.717) is 33.4 Å².